The highest BCUT2D eigenvalue weighted by Gasteiger charge is 2.08. The lowest BCUT2D eigenvalue weighted by Gasteiger charge is -2.15. The summed E-state index contributed by atoms with van der Waals surface area (Å²) in [6, 6.07) is 14.5. The van der Waals surface area contributed by atoms with E-state index in [-0.39, 0.29) is 11.8 Å². The molecular formula is C15H15Br2NO. The van der Waals surface area contributed by atoms with Crippen LogP contribution < -0.4 is 5.32 Å². The fraction of sp³-hybridized carbons (Fsp3) is 0.200. The van der Waals surface area contributed by atoms with Crippen LogP contribution >= 0.6 is 31.9 Å². The van der Waals surface area contributed by atoms with Gasteiger partial charge >= 0.3 is 0 Å². The minimum Gasteiger partial charge on any atom is -0.506 e. The molecule has 2 rings (SSSR count). The van der Waals surface area contributed by atoms with E-state index in [0.29, 0.717) is 8.95 Å². The first-order chi connectivity index (χ1) is 9.08. The molecule has 0 aliphatic carbocycles. The van der Waals surface area contributed by atoms with E-state index in [4.69, 9.17) is 0 Å². The predicted octanol–water partition coefficient (Wildman–Crippen LogP) is 4.77. The number of rotatable bonds is 4. The van der Waals surface area contributed by atoms with Gasteiger partial charge in [0.05, 0.1) is 8.95 Å². The van der Waals surface area contributed by atoms with E-state index in [1.54, 1.807) is 0 Å². The van der Waals surface area contributed by atoms with Gasteiger partial charge in [-0.15, -0.1) is 0 Å². The normalized spacial score (nSPS) is 12.4. The predicted molar refractivity (Wildman–Crippen MR) is 85.2 cm³/mol. The van der Waals surface area contributed by atoms with Crippen LogP contribution in [0.3, 0.4) is 0 Å². The second-order valence-electron chi connectivity index (χ2n) is 4.42. The van der Waals surface area contributed by atoms with Gasteiger partial charge in [0.25, 0.3) is 0 Å². The first kappa shape index (κ1) is 14.6. The molecule has 4 heteroatoms. The highest BCUT2D eigenvalue weighted by molar-refractivity contribution is 9.11. The largest absolute Gasteiger partial charge is 0.506 e. The molecule has 0 aromatic heterocycles. The van der Waals surface area contributed by atoms with Crippen LogP contribution in [0.15, 0.2) is 51.4 Å². The Kier molecular flexibility index (Phi) is 5.02. The van der Waals surface area contributed by atoms with Crippen LogP contribution in [0, 0.1) is 0 Å². The lowest BCUT2D eigenvalue weighted by Crippen LogP contribution is -2.18. The van der Waals surface area contributed by atoms with Crippen molar-refractivity contribution in [1.29, 1.82) is 0 Å². The van der Waals surface area contributed by atoms with Crippen molar-refractivity contribution in [3.05, 3.63) is 62.5 Å². The fourth-order valence-electron chi connectivity index (χ4n) is 1.85. The Morgan fingerprint density at radius 3 is 2.26 bits per heavy atom. The maximum atomic E-state index is 9.67. The Morgan fingerprint density at radius 1 is 1.11 bits per heavy atom. The third-order valence-electron chi connectivity index (χ3n) is 2.99. The summed E-state index contributed by atoms with van der Waals surface area (Å²) in [5.41, 5.74) is 2.37. The molecule has 2 nitrogen and oxygen atoms in total. The monoisotopic (exact) mass is 383 g/mol. The molecule has 0 aliphatic rings. The van der Waals surface area contributed by atoms with Gasteiger partial charge in [-0.25, -0.2) is 0 Å². The molecule has 0 fully saturated rings. The van der Waals surface area contributed by atoms with Gasteiger partial charge in [0, 0.05) is 12.6 Å². The Hall–Kier alpha value is -0.840. The third kappa shape index (κ3) is 3.81. The van der Waals surface area contributed by atoms with Crippen LogP contribution in [-0.4, -0.2) is 5.11 Å². The topological polar surface area (TPSA) is 32.3 Å². The number of phenolic OH excluding ortho intramolecular Hbond substituents is 1. The second-order valence-corrected chi connectivity index (χ2v) is 6.13. The molecule has 2 aromatic rings. The summed E-state index contributed by atoms with van der Waals surface area (Å²) in [4.78, 5) is 0. The zero-order valence-corrected chi connectivity index (χ0v) is 13.7. The average Bonchev–Trinajstić information content (AvgIpc) is 2.43. The molecular weight excluding hydrogens is 370 g/mol. The molecule has 100 valence electrons. The van der Waals surface area contributed by atoms with Crippen LogP contribution in [0.25, 0.3) is 0 Å². The van der Waals surface area contributed by atoms with Crippen molar-refractivity contribution < 1.29 is 5.11 Å². The van der Waals surface area contributed by atoms with Crippen LogP contribution in [0.4, 0.5) is 0 Å². The molecule has 0 bridgehead atoms. The molecule has 0 saturated heterocycles. The number of benzene rings is 2. The Morgan fingerprint density at radius 2 is 1.68 bits per heavy atom. The number of halogens is 2. The number of hydrogen-bond donors (Lipinski definition) is 2. The lowest BCUT2D eigenvalue weighted by molar-refractivity contribution is 0.467. The highest BCUT2D eigenvalue weighted by atomic mass is 79.9. The Balaban J connectivity index is 2.03. The Bertz CT molecular complexity index is 534. The van der Waals surface area contributed by atoms with E-state index in [1.165, 1.54) is 5.56 Å². The molecule has 19 heavy (non-hydrogen) atoms. The standard InChI is InChI=1S/C15H15Br2NO/c1-10(12-5-3-2-4-6-12)18-9-11-7-13(16)15(19)14(17)8-11/h2-8,10,18-19H,9H2,1H3. The van der Waals surface area contributed by atoms with Gasteiger partial charge in [-0.3, -0.25) is 0 Å². The smallest absolute Gasteiger partial charge is 0.143 e. The number of aromatic hydroxyl groups is 1. The molecule has 2 aromatic carbocycles. The first-order valence-corrected chi connectivity index (χ1v) is 7.61. The molecule has 0 spiro atoms. The van der Waals surface area contributed by atoms with Crippen molar-refractivity contribution in [2.45, 2.75) is 19.5 Å². The van der Waals surface area contributed by atoms with Crippen molar-refractivity contribution in [2.75, 3.05) is 0 Å². The fourth-order valence-corrected chi connectivity index (χ4v) is 3.13. The van der Waals surface area contributed by atoms with Gasteiger partial charge in [0.15, 0.2) is 0 Å². The van der Waals surface area contributed by atoms with Gasteiger partial charge in [-0.05, 0) is 62.0 Å². The summed E-state index contributed by atoms with van der Waals surface area (Å²) >= 11 is 6.68. The molecule has 2 N–H and O–H groups in total. The molecule has 1 unspecified atom stereocenters. The summed E-state index contributed by atoms with van der Waals surface area (Å²) in [6.07, 6.45) is 0. The van der Waals surface area contributed by atoms with E-state index in [0.717, 1.165) is 12.1 Å². The summed E-state index contributed by atoms with van der Waals surface area (Å²) in [6.45, 7) is 2.88. The lowest BCUT2D eigenvalue weighted by atomic mass is 10.1. The van der Waals surface area contributed by atoms with Gasteiger partial charge in [-0.1, -0.05) is 30.3 Å². The quantitative estimate of drug-likeness (QED) is 0.795. The number of phenols is 1. The summed E-state index contributed by atoms with van der Waals surface area (Å²) < 4.78 is 1.40. The molecule has 1 atom stereocenters. The van der Waals surface area contributed by atoms with Crippen molar-refractivity contribution in [3.63, 3.8) is 0 Å². The van der Waals surface area contributed by atoms with Gasteiger partial charge in [0.2, 0.25) is 0 Å². The van der Waals surface area contributed by atoms with E-state index in [1.807, 2.05) is 30.3 Å². The van der Waals surface area contributed by atoms with E-state index >= 15 is 0 Å². The average molecular weight is 385 g/mol. The molecule has 0 amide bonds. The van der Waals surface area contributed by atoms with Crippen LogP contribution in [-0.2, 0) is 6.54 Å². The van der Waals surface area contributed by atoms with Crippen molar-refractivity contribution >= 4 is 31.9 Å². The minimum atomic E-state index is 0.236. The van der Waals surface area contributed by atoms with Crippen LogP contribution in [0.1, 0.15) is 24.1 Å². The first-order valence-electron chi connectivity index (χ1n) is 6.03. The van der Waals surface area contributed by atoms with E-state index in [9.17, 15) is 5.11 Å². The summed E-state index contributed by atoms with van der Waals surface area (Å²) in [5, 5.41) is 13.1. The van der Waals surface area contributed by atoms with Crippen LogP contribution in [0.2, 0.25) is 0 Å². The number of hydrogen-bond acceptors (Lipinski definition) is 2. The zero-order valence-electron chi connectivity index (χ0n) is 10.5. The van der Waals surface area contributed by atoms with Gasteiger partial charge < -0.3 is 10.4 Å². The summed E-state index contributed by atoms with van der Waals surface area (Å²) in [7, 11) is 0. The molecule has 0 saturated carbocycles. The van der Waals surface area contributed by atoms with E-state index < -0.39 is 0 Å². The van der Waals surface area contributed by atoms with Crippen molar-refractivity contribution in [2.24, 2.45) is 0 Å². The van der Waals surface area contributed by atoms with Crippen LogP contribution in [0.5, 0.6) is 5.75 Å². The summed E-state index contributed by atoms with van der Waals surface area (Å²) in [5.74, 6) is 0.236. The molecule has 0 heterocycles. The zero-order chi connectivity index (χ0) is 13.8. The van der Waals surface area contributed by atoms with E-state index in [2.05, 4.69) is 56.2 Å². The highest BCUT2D eigenvalue weighted by Crippen LogP contribution is 2.33. The maximum absolute atomic E-state index is 9.67. The van der Waals surface area contributed by atoms with Gasteiger partial charge in [0.1, 0.15) is 5.75 Å². The molecule has 0 radical (unpaired) electrons. The SMILES string of the molecule is CC(NCc1cc(Br)c(O)c(Br)c1)c1ccccc1. The maximum Gasteiger partial charge on any atom is 0.143 e. The minimum absolute atomic E-state index is 0.236. The second kappa shape index (κ2) is 6.55. The van der Waals surface area contributed by atoms with Gasteiger partial charge in [-0.2, -0.15) is 0 Å². The number of nitrogens with one attached hydrogen (secondary N) is 1. The third-order valence-corrected chi connectivity index (χ3v) is 4.20. The van der Waals surface area contributed by atoms with Crippen molar-refractivity contribution in [1.82, 2.24) is 5.32 Å². The molecule has 0 aliphatic heterocycles. The Labute approximate surface area is 130 Å². The van der Waals surface area contributed by atoms with Crippen molar-refractivity contribution in [3.8, 4) is 5.75 Å².